The van der Waals surface area contributed by atoms with Crippen LogP contribution in [-0.2, 0) is 4.79 Å². The Kier molecular flexibility index (Phi) is 5.86. The van der Waals surface area contributed by atoms with E-state index in [1.54, 1.807) is 6.07 Å². The smallest absolute Gasteiger partial charge is 0.341 e. The molecule has 0 aromatic heterocycles. The molecule has 24 heavy (non-hydrogen) atoms. The molecule has 0 spiro atoms. The third kappa shape index (κ3) is 5.06. The summed E-state index contributed by atoms with van der Waals surface area (Å²) in [4.78, 5) is 22.2. The van der Waals surface area contributed by atoms with Crippen molar-refractivity contribution in [2.24, 2.45) is 5.10 Å². The fourth-order valence-corrected chi connectivity index (χ4v) is 1.93. The number of carboxylic acid groups (broad SMARTS) is 1. The quantitative estimate of drug-likeness (QED) is 0.619. The highest BCUT2D eigenvalue weighted by molar-refractivity contribution is 6.32. The molecular weight excluding hydrogens is 339 g/mol. The standard InChI is InChI=1S/C16H12ClFN2O4/c17-13-7-10(1-6-14(13)24-9-15(21)22)8-19-20-16(23)11-2-4-12(18)5-3-11/h1-8H,9H2,(H,20,23)(H,21,22)/b19-8-. The van der Waals surface area contributed by atoms with Crippen molar-refractivity contribution in [1.29, 1.82) is 0 Å². The summed E-state index contributed by atoms with van der Waals surface area (Å²) in [5, 5.41) is 12.5. The van der Waals surface area contributed by atoms with Gasteiger partial charge in [-0.15, -0.1) is 0 Å². The molecule has 2 aromatic carbocycles. The molecule has 0 fully saturated rings. The van der Waals surface area contributed by atoms with Crippen molar-refractivity contribution >= 4 is 29.7 Å². The summed E-state index contributed by atoms with van der Waals surface area (Å²) in [6, 6.07) is 9.62. The number of ether oxygens (including phenoxy) is 1. The van der Waals surface area contributed by atoms with Gasteiger partial charge in [-0.2, -0.15) is 5.10 Å². The zero-order chi connectivity index (χ0) is 17.5. The summed E-state index contributed by atoms with van der Waals surface area (Å²) in [6.45, 7) is -0.499. The van der Waals surface area contributed by atoms with Gasteiger partial charge < -0.3 is 9.84 Å². The second-order valence-corrected chi connectivity index (χ2v) is 4.99. The summed E-state index contributed by atoms with van der Waals surface area (Å²) < 4.78 is 17.8. The molecular formula is C16H12ClFN2O4. The summed E-state index contributed by atoms with van der Waals surface area (Å²) in [7, 11) is 0. The molecule has 0 aliphatic heterocycles. The van der Waals surface area contributed by atoms with Gasteiger partial charge in [0.1, 0.15) is 11.6 Å². The molecule has 0 aliphatic carbocycles. The van der Waals surface area contributed by atoms with Gasteiger partial charge in [0.25, 0.3) is 5.91 Å². The van der Waals surface area contributed by atoms with Crippen molar-refractivity contribution in [1.82, 2.24) is 5.43 Å². The number of amides is 1. The van der Waals surface area contributed by atoms with E-state index in [0.29, 0.717) is 5.56 Å². The van der Waals surface area contributed by atoms with E-state index < -0.39 is 24.3 Å². The van der Waals surface area contributed by atoms with Crippen molar-refractivity contribution in [3.05, 3.63) is 64.4 Å². The Morgan fingerprint density at radius 3 is 2.58 bits per heavy atom. The normalized spacial score (nSPS) is 10.6. The van der Waals surface area contributed by atoms with Gasteiger partial charge in [-0.05, 0) is 48.0 Å². The Bertz CT molecular complexity index is 778. The van der Waals surface area contributed by atoms with Crippen LogP contribution in [0.15, 0.2) is 47.6 Å². The van der Waals surface area contributed by atoms with E-state index in [1.807, 2.05) is 0 Å². The average Bonchev–Trinajstić information content (AvgIpc) is 2.54. The third-order valence-corrected chi connectivity index (χ3v) is 3.09. The van der Waals surface area contributed by atoms with E-state index in [1.165, 1.54) is 42.6 Å². The summed E-state index contributed by atoms with van der Waals surface area (Å²) in [5.41, 5.74) is 3.14. The molecule has 2 N–H and O–H groups in total. The molecule has 0 heterocycles. The van der Waals surface area contributed by atoms with Crippen LogP contribution >= 0.6 is 11.6 Å². The summed E-state index contributed by atoms with van der Waals surface area (Å²) in [6.07, 6.45) is 1.36. The maximum absolute atomic E-state index is 12.8. The predicted octanol–water partition coefficient (Wildman–Crippen LogP) is 2.71. The van der Waals surface area contributed by atoms with Crippen LogP contribution in [0.5, 0.6) is 5.75 Å². The minimum absolute atomic E-state index is 0.213. The van der Waals surface area contributed by atoms with Crippen molar-refractivity contribution < 1.29 is 23.8 Å². The number of hydrazone groups is 1. The van der Waals surface area contributed by atoms with Crippen LogP contribution in [0.4, 0.5) is 4.39 Å². The lowest BCUT2D eigenvalue weighted by atomic mass is 10.2. The molecule has 0 saturated heterocycles. The van der Waals surface area contributed by atoms with E-state index in [2.05, 4.69) is 10.5 Å². The number of hydrogen-bond donors (Lipinski definition) is 2. The maximum Gasteiger partial charge on any atom is 0.341 e. The lowest BCUT2D eigenvalue weighted by Gasteiger charge is -2.05. The van der Waals surface area contributed by atoms with Crippen molar-refractivity contribution in [3.8, 4) is 5.75 Å². The van der Waals surface area contributed by atoms with Crippen molar-refractivity contribution in [2.45, 2.75) is 0 Å². The van der Waals surface area contributed by atoms with Gasteiger partial charge in [0.15, 0.2) is 6.61 Å². The Labute approximate surface area is 141 Å². The van der Waals surface area contributed by atoms with E-state index in [0.717, 1.165) is 0 Å². The molecule has 0 unspecified atom stereocenters. The molecule has 0 saturated carbocycles. The number of carbonyl (C=O) groups is 2. The van der Waals surface area contributed by atoms with Crippen LogP contribution in [0.3, 0.4) is 0 Å². The van der Waals surface area contributed by atoms with Gasteiger partial charge in [0, 0.05) is 5.56 Å². The fraction of sp³-hybridized carbons (Fsp3) is 0.0625. The molecule has 1 amide bonds. The predicted molar refractivity (Wildman–Crippen MR) is 86.0 cm³/mol. The van der Waals surface area contributed by atoms with Gasteiger partial charge in [-0.25, -0.2) is 14.6 Å². The number of hydrogen-bond acceptors (Lipinski definition) is 4. The molecule has 2 rings (SSSR count). The molecule has 6 nitrogen and oxygen atoms in total. The summed E-state index contributed by atoms with van der Waals surface area (Å²) in [5.74, 6) is -1.81. The molecule has 124 valence electrons. The number of carboxylic acids is 1. The number of halogens is 2. The molecule has 0 aliphatic rings. The van der Waals surface area contributed by atoms with E-state index in [4.69, 9.17) is 21.4 Å². The fourth-order valence-electron chi connectivity index (χ4n) is 1.69. The molecule has 8 heteroatoms. The Morgan fingerprint density at radius 2 is 1.96 bits per heavy atom. The Balaban J connectivity index is 1.96. The number of nitrogens with one attached hydrogen (secondary N) is 1. The van der Waals surface area contributed by atoms with E-state index in [9.17, 15) is 14.0 Å². The number of nitrogens with zero attached hydrogens (tertiary/aromatic N) is 1. The van der Waals surface area contributed by atoms with E-state index in [-0.39, 0.29) is 16.3 Å². The highest BCUT2D eigenvalue weighted by Gasteiger charge is 2.06. The van der Waals surface area contributed by atoms with Crippen LogP contribution in [-0.4, -0.2) is 29.8 Å². The monoisotopic (exact) mass is 350 g/mol. The second-order valence-electron chi connectivity index (χ2n) is 4.58. The summed E-state index contributed by atoms with van der Waals surface area (Å²) >= 11 is 5.96. The van der Waals surface area contributed by atoms with Gasteiger partial charge >= 0.3 is 5.97 Å². The van der Waals surface area contributed by atoms with Gasteiger partial charge in [-0.3, -0.25) is 4.79 Å². The van der Waals surface area contributed by atoms with Crippen molar-refractivity contribution in [3.63, 3.8) is 0 Å². The van der Waals surface area contributed by atoms with Crippen LogP contribution in [0.25, 0.3) is 0 Å². The minimum atomic E-state index is -1.11. The van der Waals surface area contributed by atoms with Gasteiger partial charge in [0.05, 0.1) is 11.2 Å². The van der Waals surface area contributed by atoms with Crippen molar-refractivity contribution in [2.75, 3.05) is 6.61 Å². The zero-order valence-electron chi connectivity index (χ0n) is 12.2. The minimum Gasteiger partial charge on any atom is -0.480 e. The number of aliphatic carboxylic acids is 1. The van der Waals surface area contributed by atoms with Crippen LogP contribution in [0, 0.1) is 5.82 Å². The largest absolute Gasteiger partial charge is 0.480 e. The van der Waals surface area contributed by atoms with Crippen LogP contribution in [0.2, 0.25) is 5.02 Å². The highest BCUT2D eigenvalue weighted by atomic mass is 35.5. The first-order chi connectivity index (χ1) is 11.5. The maximum atomic E-state index is 12.8. The first-order valence-electron chi connectivity index (χ1n) is 6.69. The van der Waals surface area contributed by atoms with Crippen LogP contribution in [0.1, 0.15) is 15.9 Å². The highest BCUT2D eigenvalue weighted by Crippen LogP contribution is 2.24. The second kappa shape index (κ2) is 8.07. The molecule has 0 radical (unpaired) electrons. The lowest BCUT2D eigenvalue weighted by molar-refractivity contribution is -0.139. The third-order valence-electron chi connectivity index (χ3n) is 2.79. The van der Waals surface area contributed by atoms with E-state index >= 15 is 0 Å². The molecule has 0 bridgehead atoms. The SMILES string of the molecule is O=C(O)COc1ccc(/C=N\NC(=O)c2ccc(F)cc2)cc1Cl. The first-order valence-corrected chi connectivity index (χ1v) is 7.06. The van der Waals surface area contributed by atoms with Gasteiger partial charge in [-0.1, -0.05) is 11.6 Å². The average molecular weight is 351 g/mol. The van der Waals surface area contributed by atoms with Gasteiger partial charge in [0.2, 0.25) is 0 Å². The Hall–Kier alpha value is -2.93. The van der Waals surface area contributed by atoms with Crippen LogP contribution < -0.4 is 10.2 Å². The molecule has 0 atom stereocenters. The Morgan fingerprint density at radius 1 is 1.25 bits per heavy atom. The number of carbonyl (C=O) groups excluding carboxylic acids is 1. The lowest BCUT2D eigenvalue weighted by Crippen LogP contribution is -2.17. The zero-order valence-corrected chi connectivity index (χ0v) is 13.0. The number of rotatable bonds is 6. The first kappa shape index (κ1) is 17.4. The topological polar surface area (TPSA) is 88.0 Å². The molecule has 2 aromatic rings. The number of benzene rings is 2.